The number of amides is 1. The molecule has 3 rings (SSSR count). The number of hydrogen-bond acceptors (Lipinski definition) is 4. The Hall–Kier alpha value is -2.64. The Morgan fingerprint density at radius 3 is 2.52 bits per heavy atom. The number of benzene rings is 2. The number of sulfonamides is 1. The van der Waals surface area contributed by atoms with E-state index >= 15 is 0 Å². The van der Waals surface area contributed by atoms with Crippen LogP contribution in [0.3, 0.4) is 0 Å². The number of carbonyl (C=O) groups is 1. The second-order valence-corrected chi connectivity index (χ2v) is 9.01. The molecule has 8 heteroatoms. The lowest BCUT2D eigenvalue weighted by atomic mass is 10.0. The van der Waals surface area contributed by atoms with Gasteiger partial charge in [-0.2, -0.15) is 0 Å². The molecular formula is C21H22ClN3O3S. The van der Waals surface area contributed by atoms with E-state index in [4.69, 9.17) is 11.6 Å². The van der Waals surface area contributed by atoms with E-state index in [-0.39, 0.29) is 23.2 Å². The maximum Gasteiger partial charge on any atom is 0.264 e. The van der Waals surface area contributed by atoms with Crippen molar-refractivity contribution in [3.63, 3.8) is 0 Å². The van der Waals surface area contributed by atoms with Gasteiger partial charge in [0.25, 0.3) is 10.0 Å². The fourth-order valence-electron chi connectivity index (χ4n) is 3.05. The first-order valence-electron chi connectivity index (χ1n) is 9.01. The molecule has 0 spiro atoms. The van der Waals surface area contributed by atoms with Gasteiger partial charge in [0.15, 0.2) is 0 Å². The molecule has 1 heterocycles. The molecular weight excluding hydrogens is 410 g/mol. The van der Waals surface area contributed by atoms with Crippen molar-refractivity contribution in [2.45, 2.75) is 27.7 Å². The second kappa shape index (κ2) is 8.00. The summed E-state index contributed by atoms with van der Waals surface area (Å²) >= 11 is 6.06. The van der Waals surface area contributed by atoms with Crippen LogP contribution in [0.5, 0.6) is 0 Å². The number of halogens is 1. The molecule has 0 saturated carbocycles. The summed E-state index contributed by atoms with van der Waals surface area (Å²) in [6.07, 6.45) is 0. The largest absolute Gasteiger partial charge is 0.324 e. The van der Waals surface area contributed by atoms with Gasteiger partial charge in [-0.05, 0) is 62.1 Å². The van der Waals surface area contributed by atoms with Crippen LogP contribution in [0, 0.1) is 20.8 Å². The molecule has 2 N–H and O–H groups in total. The zero-order chi connectivity index (χ0) is 21.3. The molecule has 0 bridgehead atoms. The predicted octanol–water partition coefficient (Wildman–Crippen LogP) is 3.97. The molecule has 0 unspecified atom stereocenters. The number of anilines is 1. The van der Waals surface area contributed by atoms with Crippen molar-refractivity contribution in [1.82, 2.24) is 4.72 Å². The van der Waals surface area contributed by atoms with E-state index in [1.54, 1.807) is 38.1 Å². The summed E-state index contributed by atoms with van der Waals surface area (Å²) in [5, 5.41) is 3.29. The fraction of sp³-hybridized carbons (Fsp3) is 0.238. The monoisotopic (exact) mass is 431 g/mol. The highest BCUT2D eigenvalue weighted by Gasteiger charge is 2.32. The molecule has 0 aliphatic carbocycles. The van der Waals surface area contributed by atoms with Gasteiger partial charge in [0.1, 0.15) is 17.3 Å². The highest BCUT2D eigenvalue weighted by molar-refractivity contribution is 8.00. The van der Waals surface area contributed by atoms with Crippen LogP contribution in [0.2, 0.25) is 5.02 Å². The minimum atomic E-state index is -3.74. The summed E-state index contributed by atoms with van der Waals surface area (Å²) in [7, 11) is -3.74. The van der Waals surface area contributed by atoms with Crippen molar-refractivity contribution in [1.29, 1.82) is 0 Å². The first kappa shape index (κ1) is 21.1. The molecule has 0 fully saturated rings. The van der Waals surface area contributed by atoms with E-state index in [0.29, 0.717) is 21.8 Å². The summed E-state index contributed by atoms with van der Waals surface area (Å²) in [5.41, 5.74) is 4.52. The highest BCUT2D eigenvalue weighted by atomic mass is 35.5. The molecule has 1 aliphatic rings. The standard InChI is InChI=1S/C21H22ClN3O3S/c1-12-8-9-16(10-13(12)2)20-15(4)21(25-29(20,27)28)23-11-19(26)24-18-7-5-6-17(22)14(18)3/h5-10H,11H2,1-4H3,(H,23,25)(H,24,26). The highest BCUT2D eigenvalue weighted by Crippen LogP contribution is 2.31. The number of aliphatic imine (C=N–C) groups is 1. The maximum atomic E-state index is 12.6. The summed E-state index contributed by atoms with van der Waals surface area (Å²) in [5.74, 6) is -0.189. The predicted molar refractivity (Wildman–Crippen MR) is 118 cm³/mol. The van der Waals surface area contributed by atoms with E-state index in [1.807, 2.05) is 26.0 Å². The summed E-state index contributed by atoms with van der Waals surface area (Å²) in [4.78, 5) is 16.7. The summed E-state index contributed by atoms with van der Waals surface area (Å²) in [6.45, 7) is 7.16. The second-order valence-electron chi connectivity index (χ2n) is 6.98. The minimum Gasteiger partial charge on any atom is -0.324 e. The Labute approximate surface area is 175 Å². The molecule has 0 radical (unpaired) electrons. The van der Waals surface area contributed by atoms with E-state index in [9.17, 15) is 13.2 Å². The molecule has 2 aromatic carbocycles. The van der Waals surface area contributed by atoms with Gasteiger partial charge in [-0.3, -0.25) is 14.5 Å². The van der Waals surface area contributed by atoms with Crippen molar-refractivity contribution >= 4 is 44.0 Å². The zero-order valence-corrected chi connectivity index (χ0v) is 18.2. The number of carbonyl (C=O) groups excluding carboxylic acids is 1. The topological polar surface area (TPSA) is 87.6 Å². The Balaban J connectivity index is 1.84. The van der Waals surface area contributed by atoms with E-state index in [0.717, 1.165) is 16.7 Å². The van der Waals surface area contributed by atoms with E-state index in [2.05, 4.69) is 15.0 Å². The molecule has 0 atom stereocenters. The Morgan fingerprint density at radius 2 is 1.83 bits per heavy atom. The first-order chi connectivity index (χ1) is 13.6. The van der Waals surface area contributed by atoms with E-state index < -0.39 is 10.0 Å². The zero-order valence-electron chi connectivity index (χ0n) is 16.6. The average molecular weight is 432 g/mol. The molecule has 152 valence electrons. The SMILES string of the molecule is CC1=C(c2ccc(C)c(C)c2)S(=O)(=O)NC1=NCC(=O)Nc1cccc(Cl)c1C. The van der Waals surface area contributed by atoms with Gasteiger partial charge in [-0.15, -0.1) is 0 Å². The first-order valence-corrected chi connectivity index (χ1v) is 10.9. The molecule has 6 nitrogen and oxygen atoms in total. The van der Waals surface area contributed by atoms with Gasteiger partial charge in [-0.25, -0.2) is 8.42 Å². The van der Waals surface area contributed by atoms with Crippen LogP contribution >= 0.6 is 11.6 Å². The molecule has 1 amide bonds. The lowest BCUT2D eigenvalue weighted by Gasteiger charge is -2.08. The van der Waals surface area contributed by atoms with Crippen LogP contribution in [0.4, 0.5) is 5.69 Å². The number of amidine groups is 1. The van der Waals surface area contributed by atoms with Crippen LogP contribution in [-0.2, 0) is 14.8 Å². The van der Waals surface area contributed by atoms with Crippen molar-refractivity contribution < 1.29 is 13.2 Å². The number of rotatable bonds is 4. The number of nitrogens with zero attached hydrogens (tertiary/aromatic N) is 1. The normalized spacial score (nSPS) is 16.8. The van der Waals surface area contributed by atoms with Crippen LogP contribution in [0.1, 0.15) is 29.2 Å². The number of aryl methyl sites for hydroxylation is 2. The minimum absolute atomic E-state index is 0.177. The Kier molecular flexibility index (Phi) is 5.82. The smallest absolute Gasteiger partial charge is 0.264 e. The summed E-state index contributed by atoms with van der Waals surface area (Å²) < 4.78 is 27.7. The van der Waals surface area contributed by atoms with Crippen LogP contribution in [-0.4, -0.2) is 26.7 Å². The van der Waals surface area contributed by atoms with Gasteiger partial charge in [0.2, 0.25) is 5.91 Å². The number of hydrogen-bond donors (Lipinski definition) is 2. The van der Waals surface area contributed by atoms with Crippen LogP contribution < -0.4 is 10.0 Å². The fourth-order valence-corrected chi connectivity index (χ4v) is 4.74. The molecule has 2 aromatic rings. The van der Waals surface area contributed by atoms with Crippen molar-refractivity contribution in [3.05, 3.63) is 69.2 Å². The maximum absolute atomic E-state index is 12.6. The molecule has 1 aliphatic heterocycles. The lowest BCUT2D eigenvalue weighted by Crippen LogP contribution is -2.25. The average Bonchev–Trinajstić information content (AvgIpc) is 2.88. The van der Waals surface area contributed by atoms with Crippen LogP contribution in [0.25, 0.3) is 4.91 Å². The quantitative estimate of drug-likeness (QED) is 0.767. The van der Waals surface area contributed by atoms with Gasteiger partial charge in [-0.1, -0.05) is 35.9 Å². The third kappa shape index (κ3) is 4.36. The summed E-state index contributed by atoms with van der Waals surface area (Å²) in [6, 6.07) is 10.7. The van der Waals surface area contributed by atoms with E-state index in [1.165, 1.54) is 0 Å². The Morgan fingerprint density at radius 1 is 1.10 bits per heavy atom. The van der Waals surface area contributed by atoms with Gasteiger partial charge in [0.05, 0.1) is 0 Å². The molecule has 0 aromatic heterocycles. The molecule has 29 heavy (non-hydrogen) atoms. The number of nitrogens with one attached hydrogen (secondary N) is 2. The van der Waals surface area contributed by atoms with Gasteiger partial charge >= 0.3 is 0 Å². The van der Waals surface area contributed by atoms with Crippen LogP contribution in [0.15, 0.2) is 47.0 Å². The van der Waals surface area contributed by atoms with Gasteiger partial charge in [0, 0.05) is 16.3 Å². The van der Waals surface area contributed by atoms with Crippen molar-refractivity contribution in [2.24, 2.45) is 4.99 Å². The van der Waals surface area contributed by atoms with Crippen molar-refractivity contribution in [3.8, 4) is 0 Å². The molecule has 0 saturated heterocycles. The third-order valence-corrected chi connectivity index (χ3v) is 6.84. The lowest BCUT2D eigenvalue weighted by molar-refractivity contribution is -0.114. The van der Waals surface area contributed by atoms with Crippen molar-refractivity contribution in [2.75, 3.05) is 11.9 Å². The van der Waals surface area contributed by atoms with Gasteiger partial charge < -0.3 is 5.32 Å². The Bertz CT molecular complexity index is 1170. The third-order valence-electron chi connectivity index (χ3n) is 4.89.